The van der Waals surface area contributed by atoms with Crippen LogP contribution in [0.15, 0.2) is 24.4 Å². The maximum atomic E-state index is 13.2. The van der Waals surface area contributed by atoms with Crippen LogP contribution in [0.1, 0.15) is 24.6 Å². The molecule has 100 valence electrons. The van der Waals surface area contributed by atoms with Gasteiger partial charge in [-0.15, -0.1) is 0 Å². The number of H-pyrrole nitrogens is 1. The van der Waals surface area contributed by atoms with E-state index in [0.29, 0.717) is 11.5 Å². The number of aromatic amines is 1. The summed E-state index contributed by atoms with van der Waals surface area (Å²) >= 11 is 0. The lowest BCUT2D eigenvalue weighted by molar-refractivity contribution is 0.449. The Morgan fingerprint density at radius 3 is 2.84 bits per heavy atom. The molecular formula is C14H15F2N3. The number of rotatable bonds is 2. The number of halogens is 2. The van der Waals surface area contributed by atoms with E-state index in [1.54, 1.807) is 12.3 Å². The van der Waals surface area contributed by atoms with E-state index in [2.05, 4.69) is 15.3 Å². The van der Waals surface area contributed by atoms with Crippen LogP contribution in [0.2, 0.25) is 0 Å². The molecule has 2 aromatic rings. The predicted octanol–water partition coefficient (Wildman–Crippen LogP) is 2.82. The van der Waals surface area contributed by atoms with Crippen molar-refractivity contribution in [2.45, 2.75) is 18.8 Å². The Balaban J connectivity index is 1.85. The van der Waals surface area contributed by atoms with Crippen LogP contribution < -0.4 is 5.32 Å². The summed E-state index contributed by atoms with van der Waals surface area (Å²) in [6, 6.07) is 3.87. The van der Waals surface area contributed by atoms with Gasteiger partial charge in [0.25, 0.3) is 0 Å². The van der Waals surface area contributed by atoms with Crippen LogP contribution >= 0.6 is 0 Å². The zero-order chi connectivity index (χ0) is 13.2. The van der Waals surface area contributed by atoms with Gasteiger partial charge >= 0.3 is 0 Å². The molecular weight excluding hydrogens is 248 g/mol. The number of imidazole rings is 1. The number of nitrogens with one attached hydrogen (secondary N) is 2. The molecule has 0 bridgehead atoms. The van der Waals surface area contributed by atoms with Gasteiger partial charge in [-0.25, -0.2) is 13.8 Å². The molecule has 1 aromatic carbocycles. The van der Waals surface area contributed by atoms with Crippen molar-refractivity contribution in [1.29, 1.82) is 0 Å². The standard InChI is InChI=1S/C14H15F2N3/c15-11-4-3-9(6-12(11)16)13-8-18-14(19-13)10-2-1-5-17-7-10/h3-4,6,8,10,17H,1-2,5,7H2,(H,18,19). The van der Waals surface area contributed by atoms with Crippen molar-refractivity contribution in [3.8, 4) is 11.3 Å². The molecule has 0 spiro atoms. The number of aromatic nitrogens is 2. The molecule has 1 fully saturated rings. The Labute approximate surface area is 110 Å². The predicted molar refractivity (Wildman–Crippen MR) is 68.8 cm³/mol. The third kappa shape index (κ3) is 2.51. The zero-order valence-electron chi connectivity index (χ0n) is 10.4. The molecule has 2 heterocycles. The largest absolute Gasteiger partial charge is 0.342 e. The van der Waals surface area contributed by atoms with E-state index in [9.17, 15) is 8.78 Å². The molecule has 1 atom stereocenters. The minimum absolute atomic E-state index is 0.368. The second-order valence-corrected chi connectivity index (χ2v) is 4.85. The molecule has 5 heteroatoms. The number of hydrogen-bond donors (Lipinski definition) is 2. The third-order valence-electron chi connectivity index (χ3n) is 3.51. The van der Waals surface area contributed by atoms with Gasteiger partial charge in [-0.05, 0) is 37.6 Å². The zero-order valence-corrected chi connectivity index (χ0v) is 10.4. The second-order valence-electron chi connectivity index (χ2n) is 4.85. The molecule has 3 rings (SSSR count). The first kappa shape index (κ1) is 12.3. The lowest BCUT2D eigenvalue weighted by atomic mass is 9.99. The summed E-state index contributed by atoms with van der Waals surface area (Å²) in [5.74, 6) is -0.396. The van der Waals surface area contributed by atoms with E-state index >= 15 is 0 Å². The normalized spacial score (nSPS) is 19.6. The summed E-state index contributed by atoms with van der Waals surface area (Å²) in [5.41, 5.74) is 1.33. The number of piperidine rings is 1. The van der Waals surface area contributed by atoms with E-state index in [0.717, 1.165) is 43.5 Å². The summed E-state index contributed by atoms with van der Waals surface area (Å²) in [7, 11) is 0. The smallest absolute Gasteiger partial charge is 0.159 e. The molecule has 1 aliphatic heterocycles. The highest BCUT2D eigenvalue weighted by atomic mass is 19.2. The summed E-state index contributed by atoms with van der Waals surface area (Å²) in [5, 5.41) is 3.33. The van der Waals surface area contributed by atoms with E-state index < -0.39 is 11.6 Å². The van der Waals surface area contributed by atoms with Crippen molar-refractivity contribution in [3.63, 3.8) is 0 Å². The van der Waals surface area contributed by atoms with Gasteiger partial charge in [0.05, 0.1) is 11.9 Å². The molecule has 2 N–H and O–H groups in total. The van der Waals surface area contributed by atoms with Gasteiger partial charge in [0.1, 0.15) is 5.82 Å². The molecule has 0 aliphatic carbocycles. The monoisotopic (exact) mass is 263 g/mol. The molecule has 1 unspecified atom stereocenters. The Hall–Kier alpha value is -1.75. The van der Waals surface area contributed by atoms with Crippen molar-refractivity contribution >= 4 is 0 Å². The SMILES string of the molecule is Fc1ccc(-c2cnc(C3CCCNC3)[nH]2)cc1F. The molecule has 3 nitrogen and oxygen atoms in total. The minimum Gasteiger partial charge on any atom is -0.342 e. The Kier molecular flexibility index (Phi) is 3.29. The molecule has 0 saturated carbocycles. The highest BCUT2D eigenvalue weighted by Crippen LogP contribution is 2.25. The topological polar surface area (TPSA) is 40.7 Å². The minimum atomic E-state index is -0.840. The fraction of sp³-hybridized carbons (Fsp3) is 0.357. The van der Waals surface area contributed by atoms with Crippen molar-refractivity contribution < 1.29 is 8.78 Å². The van der Waals surface area contributed by atoms with E-state index in [1.807, 2.05) is 0 Å². The van der Waals surface area contributed by atoms with Gasteiger partial charge in [-0.3, -0.25) is 0 Å². The first-order valence-electron chi connectivity index (χ1n) is 6.45. The highest BCUT2D eigenvalue weighted by Gasteiger charge is 2.18. The van der Waals surface area contributed by atoms with E-state index in [4.69, 9.17) is 0 Å². The van der Waals surface area contributed by atoms with Gasteiger partial charge in [-0.1, -0.05) is 0 Å². The van der Waals surface area contributed by atoms with E-state index in [1.165, 1.54) is 6.07 Å². The van der Waals surface area contributed by atoms with Gasteiger partial charge in [-0.2, -0.15) is 0 Å². The second kappa shape index (κ2) is 5.09. The Morgan fingerprint density at radius 2 is 2.11 bits per heavy atom. The van der Waals surface area contributed by atoms with Gasteiger partial charge in [0, 0.05) is 18.0 Å². The quantitative estimate of drug-likeness (QED) is 0.874. The van der Waals surface area contributed by atoms with E-state index in [-0.39, 0.29) is 0 Å². The van der Waals surface area contributed by atoms with Crippen LogP contribution in [-0.2, 0) is 0 Å². The van der Waals surface area contributed by atoms with Crippen molar-refractivity contribution in [3.05, 3.63) is 41.9 Å². The maximum Gasteiger partial charge on any atom is 0.159 e. The van der Waals surface area contributed by atoms with Crippen LogP contribution in [0.3, 0.4) is 0 Å². The number of hydrogen-bond acceptors (Lipinski definition) is 2. The fourth-order valence-corrected chi connectivity index (χ4v) is 2.44. The van der Waals surface area contributed by atoms with Crippen LogP contribution in [-0.4, -0.2) is 23.1 Å². The summed E-state index contributed by atoms with van der Waals surface area (Å²) in [6.07, 6.45) is 3.90. The van der Waals surface area contributed by atoms with Gasteiger partial charge in [0.2, 0.25) is 0 Å². The lowest BCUT2D eigenvalue weighted by Gasteiger charge is -2.20. The number of nitrogens with zero attached hydrogens (tertiary/aromatic N) is 1. The molecule has 1 aromatic heterocycles. The molecule has 19 heavy (non-hydrogen) atoms. The first-order valence-corrected chi connectivity index (χ1v) is 6.45. The van der Waals surface area contributed by atoms with Gasteiger partial charge in [0.15, 0.2) is 11.6 Å². The molecule has 0 radical (unpaired) electrons. The summed E-state index contributed by atoms with van der Waals surface area (Å²) in [4.78, 5) is 7.56. The summed E-state index contributed by atoms with van der Waals surface area (Å²) in [6.45, 7) is 1.96. The fourth-order valence-electron chi connectivity index (χ4n) is 2.44. The highest BCUT2D eigenvalue weighted by molar-refractivity contribution is 5.58. The average molecular weight is 263 g/mol. The average Bonchev–Trinajstić information content (AvgIpc) is 2.93. The van der Waals surface area contributed by atoms with Gasteiger partial charge < -0.3 is 10.3 Å². The maximum absolute atomic E-state index is 13.2. The number of benzene rings is 1. The third-order valence-corrected chi connectivity index (χ3v) is 3.51. The lowest BCUT2D eigenvalue weighted by Crippen LogP contribution is -2.28. The van der Waals surface area contributed by atoms with Crippen LogP contribution in [0.4, 0.5) is 8.78 Å². The van der Waals surface area contributed by atoms with Crippen LogP contribution in [0.5, 0.6) is 0 Å². The Bertz CT molecular complexity index is 574. The van der Waals surface area contributed by atoms with Crippen molar-refractivity contribution in [2.24, 2.45) is 0 Å². The Morgan fingerprint density at radius 1 is 1.21 bits per heavy atom. The first-order chi connectivity index (χ1) is 9.24. The molecule has 0 amide bonds. The molecule has 1 saturated heterocycles. The van der Waals surface area contributed by atoms with Crippen LogP contribution in [0, 0.1) is 11.6 Å². The van der Waals surface area contributed by atoms with Crippen molar-refractivity contribution in [2.75, 3.05) is 13.1 Å². The van der Waals surface area contributed by atoms with Crippen LogP contribution in [0.25, 0.3) is 11.3 Å². The summed E-state index contributed by atoms with van der Waals surface area (Å²) < 4.78 is 26.1. The molecule has 1 aliphatic rings. The van der Waals surface area contributed by atoms with Crippen molar-refractivity contribution in [1.82, 2.24) is 15.3 Å².